The lowest BCUT2D eigenvalue weighted by Crippen LogP contribution is -2.38. The lowest BCUT2D eigenvalue weighted by molar-refractivity contribution is -0.137. The number of benzene rings is 2. The van der Waals surface area contributed by atoms with Crippen molar-refractivity contribution in [2.45, 2.75) is 25.6 Å². The average Bonchev–Trinajstić information content (AvgIpc) is 2.63. The van der Waals surface area contributed by atoms with Crippen LogP contribution >= 0.6 is 0 Å². The van der Waals surface area contributed by atoms with E-state index in [1.165, 1.54) is 30.3 Å². The van der Waals surface area contributed by atoms with E-state index in [-0.39, 0.29) is 17.8 Å². The van der Waals surface area contributed by atoms with E-state index >= 15 is 0 Å². The summed E-state index contributed by atoms with van der Waals surface area (Å²) < 4.78 is 53.3. The summed E-state index contributed by atoms with van der Waals surface area (Å²) in [6, 6.07) is 8.89. The van der Waals surface area contributed by atoms with Crippen molar-refractivity contribution < 1.29 is 27.5 Å². The first-order valence-corrected chi connectivity index (χ1v) is 8.88. The number of anilines is 1. The third kappa shape index (κ3) is 3.92. The minimum Gasteiger partial charge on any atom is -0.478 e. The van der Waals surface area contributed by atoms with Crippen molar-refractivity contribution in [3.8, 4) is 0 Å². The Hall–Kier alpha value is -3.03. The number of aliphatic carboxylic acids is 1. The number of carbonyl (C=O) groups is 1. The number of alkyl halides is 3. The van der Waals surface area contributed by atoms with Gasteiger partial charge in [-0.2, -0.15) is 13.2 Å². The van der Waals surface area contributed by atoms with Gasteiger partial charge in [0.2, 0.25) is 0 Å². The summed E-state index contributed by atoms with van der Waals surface area (Å²) in [5.74, 6) is -1.89. The van der Waals surface area contributed by atoms with Crippen molar-refractivity contribution in [3.63, 3.8) is 0 Å². The van der Waals surface area contributed by atoms with E-state index < -0.39 is 29.4 Å². The number of rotatable bonds is 4. The molecule has 1 atom stereocenters. The second-order valence-electron chi connectivity index (χ2n) is 7.14. The minimum atomic E-state index is -4.53. The van der Waals surface area contributed by atoms with Crippen LogP contribution in [0, 0.1) is 5.82 Å². The number of fused-ring (bicyclic) bond motifs is 1. The molecule has 0 fully saturated rings. The molecule has 8 heteroatoms. The molecule has 2 aromatic carbocycles. The third-order valence-electron chi connectivity index (χ3n) is 4.95. The highest BCUT2D eigenvalue weighted by Gasteiger charge is 2.38. The van der Waals surface area contributed by atoms with Gasteiger partial charge in [-0.1, -0.05) is 25.1 Å². The van der Waals surface area contributed by atoms with Crippen LogP contribution in [-0.2, 0) is 17.5 Å². The fourth-order valence-electron chi connectivity index (χ4n) is 3.62. The molecule has 2 aromatic rings. The molecule has 154 valence electrons. The number of carboxylic acid groups (broad SMARTS) is 1. The van der Waals surface area contributed by atoms with Gasteiger partial charge < -0.3 is 14.9 Å². The van der Waals surface area contributed by atoms with Gasteiger partial charge in [-0.3, -0.25) is 0 Å². The van der Waals surface area contributed by atoms with E-state index in [0.29, 0.717) is 16.9 Å². The highest BCUT2D eigenvalue weighted by Crippen LogP contribution is 2.44. The lowest BCUT2D eigenvalue weighted by Gasteiger charge is -2.40. The van der Waals surface area contributed by atoms with Crippen molar-refractivity contribution >= 4 is 11.7 Å². The molecule has 0 aliphatic carbocycles. The summed E-state index contributed by atoms with van der Waals surface area (Å²) in [7, 11) is 3.28. The maximum Gasteiger partial charge on any atom is 0.416 e. The molecule has 1 N–H and O–H groups in total. The van der Waals surface area contributed by atoms with Crippen LogP contribution in [0.5, 0.6) is 0 Å². The van der Waals surface area contributed by atoms with Crippen molar-refractivity contribution in [2.24, 2.45) is 0 Å². The highest BCUT2D eigenvalue weighted by molar-refractivity contribution is 5.92. The molecule has 0 amide bonds. The van der Waals surface area contributed by atoms with E-state index in [2.05, 4.69) is 0 Å². The molecule has 0 saturated heterocycles. The SMILES string of the molecule is CC1C(C(=O)O)=C(N(C)C)N(Cc2ccc(F)cc2)c2cc(C(F)(F)F)ccc21. The number of hydrogen-bond acceptors (Lipinski definition) is 3. The maximum absolute atomic E-state index is 13.3. The first-order chi connectivity index (χ1) is 13.5. The van der Waals surface area contributed by atoms with Gasteiger partial charge in [0.05, 0.1) is 11.1 Å². The second-order valence-corrected chi connectivity index (χ2v) is 7.14. The largest absolute Gasteiger partial charge is 0.478 e. The molecule has 0 radical (unpaired) electrons. The molecular formula is C21H20F4N2O2. The van der Waals surface area contributed by atoms with Crippen LogP contribution in [0.2, 0.25) is 0 Å². The van der Waals surface area contributed by atoms with Gasteiger partial charge >= 0.3 is 12.1 Å². The van der Waals surface area contributed by atoms with E-state index in [4.69, 9.17) is 0 Å². The Labute approximate surface area is 165 Å². The Bertz CT molecular complexity index is 966. The molecule has 0 bridgehead atoms. The summed E-state index contributed by atoms with van der Waals surface area (Å²) in [6.45, 7) is 1.75. The summed E-state index contributed by atoms with van der Waals surface area (Å²) in [4.78, 5) is 15.1. The summed E-state index contributed by atoms with van der Waals surface area (Å²) >= 11 is 0. The summed E-state index contributed by atoms with van der Waals surface area (Å²) in [5.41, 5.74) is 0.677. The van der Waals surface area contributed by atoms with Crippen LogP contribution in [0.15, 0.2) is 53.9 Å². The van der Waals surface area contributed by atoms with Crippen LogP contribution in [0.4, 0.5) is 23.2 Å². The molecule has 0 saturated carbocycles. The average molecular weight is 408 g/mol. The predicted molar refractivity (Wildman–Crippen MR) is 101 cm³/mol. The predicted octanol–water partition coefficient (Wildman–Crippen LogP) is 4.83. The number of halogens is 4. The molecule has 1 heterocycles. The summed E-state index contributed by atoms with van der Waals surface area (Å²) in [5, 5.41) is 9.82. The van der Waals surface area contributed by atoms with E-state index in [9.17, 15) is 27.5 Å². The van der Waals surface area contributed by atoms with Crippen molar-refractivity contribution in [2.75, 3.05) is 19.0 Å². The van der Waals surface area contributed by atoms with Gasteiger partial charge in [0.25, 0.3) is 0 Å². The van der Waals surface area contributed by atoms with Crippen molar-refractivity contribution in [1.29, 1.82) is 0 Å². The minimum absolute atomic E-state index is 0.0874. The quantitative estimate of drug-likeness (QED) is 0.737. The topological polar surface area (TPSA) is 43.8 Å². The number of hydrogen-bond donors (Lipinski definition) is 1. The zero-order valence-electron chi connectivity index (χ0n) is 16.1. The fraction of sp³-hybridized carbons (Fsp3) is 0.286. The molecule has 4 nitrogen and oxygen atoms in total. The Kier molecular flexibility index (Phi) is 5.30. The van der Waals surface area contributed by atoms with E-state index in [1.54, 1.807) is 30.8 Å². The Morgan fingerprint density at radius 2 is 1.76 bits per heavy atom. The zero-order chi connectivity index (χ0) is 21.5. The fourth-order valence-corrected chi connectivity index (χ4v) is 3.62. The van der Waals surface area contributed by atoms with Gasteiger partial charge in [-0.25, -0.2) is 9.18 Å². The number of nitrogens with zero attached hydrogens (tertiary/aromatic N) is 2. The smallest absolute Gasteiger partial charge is 0.416 e. The first kappa shape index (κ1) is 20.7. The highest BCUT2D eigenvalue weighted by atomic mass is 19.4. The third-order valence-corrected chi connectivity index (χ3v) is 4.95. The Morgan fingerprint density at radius 1 is 1.14 bits per heavy atom. The van der Waals surface area contributed by atoms with Gasteiger partial charge in [-0.15, -0.1) is 0 Å². The van der Waals surface area contributed by atoms with Crippen LogP contribution < -0.4 is 4.90 Å². The van der Waals surface area contributed by atoms with Gasteiger partial charge in [0.15, 0.2) is 0 Å². The zero-order valence-corrected chi connectivity index (χ0v) is 16.1. The normalized spacial score (nSPS) is 16.7. The first-order valence-electron chi connectivity index (χ1n) is 8.88. The Balaban J connectivity index is 2.23. The van der Waals surface area contributed by atoms with E-state index in [1.807, 2.05) is 0 Å². The Morgan fingerprint density at radius 3 is 2.28 bits per heavy atom. The monoisotopic (exact) mass is 408 g/mol. The van der Waals surface area contributed by atoms with Gasteiger partial charge in [0, 0.05) is 32.2 Å². The van der Waals surface area contributed by atoms with E-state index in [0.717, 1.165) is 12.1 Å². The second kappa shape index (κ2) is 7.42. The van der Waals surface area contributed by atoms with Crippen molar-refractivity contribution in [3.05, 3.63) is 76.4 Å². The maximum atomic E-state index is 13.3. The van der Waals surface area contributed by atoms with Crippen LogP contribution in [0.3, 0.4) is 0 Å². The molecule has 0 aromatic heterocycles. The lowest BCUT2D eigenvalue weighted by atomic mass is 9.86. The van der Waals surface area contributed by atoms with Crippen LogP contribution in [0.1, 0.15) is 29.5 Å². The van der Waals surface area contributed by atoms with Gasteiger partial charge in [-0.05, 0) is 35.4 Å². The molecule has 1 aliphatic rings. The van der Waals surface area contributed by atoms with Crippen LogP contribution in [0.25, 0.3) is 0 Å². The molecule has 0 spiro atoms. The standard InChI is InChI=1S/C21H20F4N2O2/c1-12-16-9-6-14(21(23,24)25)10-17(16)27(11-13-4-7-15(22)8-5-13)19(26(2)3)18(12)20(28)29/h4-10,12H,11H2,1-3H3,(H,28,29). The molecule has 1 unspecified atom stereocenters. The van der Waals surface area contributed by atoms with Crippen LogP contribution in [-0.4, -0.2) is 30.1 Å². The van der Waals surface area contributed by atoms with Gasteiger partial charge in [0.1, 0.15) is 11.6 Å². The summed E-state index contributed by atoms with van der Waals surface area (Å²) in [6.07, 6.45) is -4.53. The molecule has 3 rings (SSSR count). The molecule has 29 heavy (non-hydrogen) atoms. The molecular weight excluding hydrogens is 388 g/mol. The molecule has 1 aliphatic heterocycles. The van der Waals surface area contributed by atoms with Crippen molar-refractivity contribution in [1.82, 2.24) is 4.90 Å². The number of carboxylic acids is 1.